The standard InChI is InChI=1S/C9H6ClNO4S/c10-16(14,15)7-1-2-8-3-5-9(6-4-8)11(12)13/h3-6H,7H2. The maximum Gasteiger partial charge on any atom is 0.269 e. The molecule has 0 saturated carbocycles. The van der Waals surface area contributed by atoms with Crippen molar-refractivity contribution in [1.29, 1.82) is 0 Å². The van der Waals surface area contributed by atoms with Crippen LogP contribution in [0.25, 0.3) is 0 Å². The molecule has 0 saturated heterocycles. The van der Waals surface area contributed by atoms with Crippen LogP contribution < -0.4 is 0 Å². The van der Waals surface area contributed by atoms with Gasteiger partial charge in [0.15, 0.2) is 0 Å². The molecule has 0 heterocycles. The second-order valence-corrected chi connectivity index (χ2v) is 5.57. The lowest BCUT2D eigenvalue weighted by atomic mass is 10.2. The molecule has 0 unspecified atom stereocenters. The van der Waals surface area contributed by atoms with E-state index in [0.717, 1.165) is 0 Å². The molecule has 0 aliphatic heterocycles. The normalized spacial score (nSPS) is 10.3. The zero-order valence-electron chi connectivity index (χ0n) is 7.88. The van der Waals surface area contributed by atoms with E-state index in [4.69, 9.17) is 10.7 Å². The summed E-state index contributed by atoms with van der Waals surface area (Å²) in [6, 6.07) is 5.45. The molecule has 16 heavy (non-hydrogen) atoms. The van der Waals surface area contributed by atoms with Crippen molar-refractivity contribution in [2.75, 3.05) is 5.75 Å². The third kappa shape index (κ3) is 4.29. The number of rotatable bonds is 2. The second kappa shape index (κ2) is 4.96. The average molecular weight is 260 g/mol. The summed E-state index contributed by atoms with van der Waals surface area (Å²) < 4.78 is 21.1. The Labute approximate surface area is 96.6 Å². The van der Waals surface area contributed by atoms with Crippen molar-refractivity contribution in [1.82, 2.24) is 0 Å². The molecule has 0 atom stereocenters. The fourth-order valence-corrected chi connectivity index (χ4v) is 1.30. The van der Waals surface area contributed by atoms with E-state index in [9.17, 15) is 18.5 Å². The molecule has 1 rings (SSSR count). The summed E-state index contributed by atoms with van der Waals surface area (Å²) in [5.74, 6) is 4.43. The van der Waals surface area contributed by atoms with Gasteiger partial charge in [-0.25, -0.2) is 8.42 Å². The molecule has 7 heteroatoms. The number of halogens is 1. The summed E-state index contributed by atoms with van der Waals surface area (Å²) in [5, 5.41) is 10.3. The first-order valence-electron chi connectivity index (χ1n) is 4.04. The van der Waals surface area contributed by atoms with Crippen LogP contribution in [0.5, 0.6) is 0 Å². The van der Waals surface area contributed by atoms with Crippen LogP contribution in [0.3, 0.4) is 0 Å². The molecule has 0 aromatic heterocycles. The van der Waals surface area contributed by atoms with Gasteiger partial charge in [-0.15, -0.1) is 0 Å². The fraction of sp³-hybridized carbons (Fsp3) is 0.111. The Bertz CT molecular complexity index is 553. The van der Waals surface area contributed by atoms with Crippen molar-refractivity contribution in [2.24, 2.45) is 0 Å². The molecular formula is C9H6ClNO4S. The van der Waals surface area contributed by atoms with Gasteiger partial charge in [0.1, 0.15) is 5.75 Å². The van der Waals surface area contributed by atoms with Gasteiger partial charge in [-0.2, -0.15) is 0 Å². The maximum atomic E-state index is 10.5. The van der Waals surface area contributed by atoms with Gasteiger partial charge in [-0.3, -0.25) is 10.1 Å². The lowest BCUT2D eigenvalue weighted by molar-refractivity contribution is -0.384. The number of hydrogen-bond donors (Lipinski definition) is 0. The number of nitrogens with zero attached hydrogens (tertiary/aromatic N) is 1. The Balaban J connectivity index is 2.80. The van der Waals surface area contributed by atoms with Crippen LogP contribution in [0.15, 0.2) is 24.3 Å². The highest BCUT2D eigenvalue weighted by Crippen LogP contribution is 2.10. The minimum absolute atomic E-state index is 0.0458. The number of benzene rings is 1. The molecule has 0 spiro atoms. The average Bonchev–Trinajstić information content (AvgIpc) is 2.16. The summed E-state index contributed by atoms with van der Waals surface area (Å²) in [5.41, 5.74) is 0.446. The van der Waals surface area contributed by atoms with Gasteiger partial charge in [-0.05, 0) is 12.1 Å². The summed E-state index contributed by atoms with van der Waals surface area (Å²) in [7, 11) is 1.32. The van der Waals surface area contributed by atoms with Crippen LogP contribution in [0, 0.1) is 22.0 Å². The number of nitro groups is 1. The van der Waals surface area contributed by atoms with Gasteiger partial charge in [-0.1, -0.05) is 11.8 Å². The molecule has 0 N–H and O–H groups in total. The van der Waals surface area contributed by atoms with Gasteiger partial charge in [0, 0.05) is 28.4 Å². The zero-order valence-corrected chi connectivity index (χ0v) is 9.46. The van der Waals surface area contributed by atoms with Crippen molar-refractivity contribution in [2.45, 2.75) is 0 Å². The Morgan fingerprint density at radius 2 is 1.88 bits per heavy atom. The molecule has 0 aliphatic carbocycles. The Kier molecular flexibility index (Phi) is 3.88. The molecule has 0 aliphatic rings. The second-order valence-electron chi connectivity index (χ2n) is 2.79. The predicted molar refractivity (Wildman–Crippen MR) is 59.6 cm³/mol. The van der Waals surface area contributed by atoms with Crippen LogP contribution in [0.1, 0.15) is 5.56 Å². The van der Waals surface area contributed by atoms with Crippen molar-refractivity contribution in [3.05, 3.63) is 39.9 Å². The predicted octanol–water partition coefficient (Wildman–Crippen LogP) is 1.51. The van der Waals surface area contributed by atoms with E-state index in [2.05, 4.69) is 11.8 Å². The van der Waals surface area contributed by atoms with Crippen LogP contribution >= 0.6 is 10.7 Å². The summed E-state index contributed by atoms with van der Waals surface area (Å²) in [4.78, 5) is 9.80. The molecule has 0 bridgehead atoms. The van der Waals surface area contributed by atoms with Crippen LogP contribution in [-0.2, 0) is 9.05 Å². The maximum absolute atomic E-state index is 10.5. The zero-order chi connectivity index (χ0) is 12.2. The number of hydrogen-bond acceptors (Lipinski definition) is 4. The van der Waals surface area contributed by atoms with Crippen LogP contribution in [0.4, 0.5) is 5.69 Å². The number of non-ortho nitro benzene ring substituents is 1. The van der Waals surface area contributed by atoms with Crippen molar-refractivity contribution in [3.63, 3.8) is 0 Å². The molecular weight excluding hydrogens is 254 g/mol. The van der Waals surface area contributed by atoms with E-state index in [-0.39, 0.29) is 5.69 Å². The first-order chi connectivity index (χ1) is 7.38. The van der Waals surface area contributed by atoms with Crippen LogP contribution in [0.2, 0.25) is 0 Å². The molecule has 0 fully saturated rings. The Morgan fingerprint density at radius 1 is 1.31 bits per heavy atom. The first kappa shape index (κ1) is 12.5. The highest BCUT2D eigenvalue weighted by Gasteiger charge is 2.03. The minimum Gasteiger partial charge on any atom is -0.258 e. The fourth-order valence-electron chi connectivity index (χ4n) is 0.891. The van der Waals surface area contributed by atoms with E-state index < -0.39 is 19.7 Å². The summed E-state index contributed by atoms with van der Waals surface area (Å²) >= 11 is 0. The van der Waals surface area contributed by atoms with Gasteiger partial charge in [0.25, 0.3) is 5.69 Å². The van der Waals surface area contributed by atoms with Crippen molar-refractivity contribution < 1.29 is 13.3 Å². The van der Waals surface area contributed by atoms with Crippen LogP contribution in [-0.4, -0.2) is 19.1 Å². The molecule has 1 aromatic carbocycles. The topological polar surface area (TPSA) is 77.3 Å². The molecule has 0 amide bonds. The molecule has 84 valence electrons. The SMILES string of the molecule is O=[N+]([O-])c1ccc(C#CCS(=O)(=O)Cl)cc1. The van der Waals surface area contributed by atoms with E-state index in [1.165, 1.54) is 24.3 Å². The number of nitro benzene ring substituents is 1. The van der Waals surface area contributed by atoms with Gasteiger partial charge >= 0.3 is 0 Å². The highest BCUT2D eigenvalue weighted by atomic mass is 35.7. The lowest BCUT2D eigenvalue weighted by Crippen LogP contribution is -1.92. The van der Waals surface area contributed by atoms with Crippen molar-refractivity contribution >= 4 is 25.4 Å². The third-order valence-electron chi connectivity index (χ3n) is 1.56. The lowest BCUT2D eigenvalue weighted by Gasteiger charge is -1.90. The quantitative estimate of drug-likeness (QED) is 0.349. The van der Waals surface area contributed by atoms with Crippen molar-refractivity contribution in [3.8, 4) is 11.8 Å². The summed E-state index contributed by atoms with van der Waals surface area (Å²) in [6.07, 6.45) is 0. The molecule has 0 radical (unpaired) electrons. The first-order valence-corrected chi connectivity index (χ1v) is 6.52. The highest BCUT2D eigenvalue weighted by molar-refractivity contribution is 8.13. The molecule has 1 aromatic rings. The Hall–Kier alpha value is -1.58. The summed E-state index contributed by atoms with van der Waals surface area (Å²) in [6.45, 7) is 0. The largest absolute Gasteiger partial charge is 0.269 e. The minimum atomic E-state index is -3.63. The van der Waals surface area contributed by atoms with E-state index >= 15 is 0 Å². The van der Waals surface area contributed by atoms with Gasteiger partial charge in [0.2, 0.25) is 9.05 Å². The van der Waals surface area contributed by atoms with Gasteiger partial charge in [0.05, 0.1) is 4.92 Å². The smallest absolute Gasteiger partial charge is 0.258 e. The monoisotopic (exact) mass is 259 g/mol. The van der Waals surface area contributed by atoms with Gasteiger partial charge < -0.3 is 0 Å². The third-order valence-corrected chi connectivity index (χ3v) is 2.37. The van der Waals surface area contributed by atoms with E-state index in [1.807, 2.05) is 0 Å². The van der Waals surface area contributed by atoms with E-state index in [1.54, 1.807) is 0 Å². The Morgan fingerprint density at radius 3 is 2.31 bits per heavy atom. The van der Waals surface area contributed by atoms with E-state index in [0.29, 0.717) is 5.56 Å². The molecule has 5 nitrogen and oxygen atoms in total.